The highest BCUT2D eigenvalue weighted by atomic mass is 32.2. The quantitative estimate of drug-likeness (QED) is 0.673. The van der Waals surface area contributed by atoms with Crippen molar-refractivity contribution in [3.63, 3.8) is 0 Å². The van der Waals surface area contributed by atoms with E-state index >= 15 is 0 Å². The van der Waals surface area contributed by atoms with Gasteiger partial charge < -0.3 is 4.57 Å². The molecule has 0 fully saturated rings. The summed E-state index contributed by atoms with van der Waals surface area (Å²) in [5.41, 5.74) is 2.80. The summed E-state index contributed by atoms with van der Waals surface area (Å²) >= 11 is 1.64. The molecule has 3 aromatic rings. The zero-order valence-corrected chi connectivity index (χ0v) is 13.5. The fraction of sp³-hybridized carbons (Fsp3) is 0.176. The first kappa shape index (κ1) is 15.3. The van der Waals surface area contributed by atoms with Crippen LogP contribution in [0.4, 0.5) is 0 Å². The molecule has 0 aliphatic carbocycles. The van der Waals surface area contributed by atoms with E-state index in [2.05, 4.69) is 32.7 Å². The highest BCUT2D eigenvalue weighted by Crippen LogP contribution is 2.26. The molecule has 3 rings (SSSR count). The largest absolute Gasteiger partial charge is 0.302 e. The third-order valence-electron chi connectivity index (χ3n) is 3.40. The van der Waals surface area contributed by atoms with Crippen molar-refractivity contribution in [2.75, 3.05) is 0 Å². The minimum atomic E-state index is 0.675. The van der Waals surface area contributed by atoms with E-state index in [-0.39, 0.29) is 0 Å². The fourth-order valence-electron chi connectivity index (χ4n) is 2.21. The molecule has 0 spiro atoms. The molecule has 0 amide bonds. The van der Waals surface area contributed by atoms with Crippen LogP contribution in [0.25, 0.3) is 11.4 Å². The predicted molar refractivity (Wildman–Crippen MR) is 89.6 cm³/mol. The lowest BCUT2D eigenvalue weighted by molar-refractivity contribution is 0.687. The Morgan fingerprint density at radius 2 is 2.00 bits per heavy atom. The second kappa shape index (κ2) is 7.07. The van der Waals surface area contributed by atoms with Gasteiger partial charge in [-0.3, -0.25) is 4.98 Å². The van der Waals surface area contributed by atoms with Crippen LogP contribution in [-0.2, 0) is 12.3 Å². The number of hydrogen-bond acceptors (Lipinski definition) is 5. The molecule has 2 aromatic heterocycles. The van der Waals surface area contributed by atoms with Crippen molar-refractivity contribution in [1.29, 1.82) is 5.26 Å². The lowest BCUT2D eigenvalue weighted by Crippen LogP contribution is -2.00. The lowest BCUT2D eigenvalue weighted by Gasteiger charge is -2.07. The van der Waals surface area contributed by atoms with Crippen LogP contribution >= 0.6 is 11.8 Å². The Bertz CT molecular complexity index is 818. The van der Waals surface area contributed by atoms with Gasteiger partial charge in [0.15, 0.2) is 11.0 Å². The van der Waals surface area contributed by atoms with Crippen LogP contribution in [0, 0.1) is 11.3 Å². The van der Waals surface area contributed by atoms with Crippen LogP contribution < -0.4 is 0 Å². The molecule has 0 N–H and O–H groups in total. The van der Waals surface area contributed by atoms with E-state index in [1.54, 1.807) is 24.2 Å². The number of nitriles is 1. The van der Waals surface area contributed by atoms with Gasteiger partial charge in [-0.15, -0.1) is 10.2 Å². The van der Waals surface area contributed by atoms with Gasteiger partial charge in [0.2, 0.25) is 0 Å². The summed E-state index contributed by atoms with van der Waals surface area (Å²) in [6.45, 7) is 2.88. The van der Waals surface area contributed by atoms with E-state index < -0.39 is 0 Å². The summed E-state index contributed by atoms with van der Waals surface area (Å²) in [5.74, 6) is 1.62. The number of rotatable bonds is 5. The Kier molecular flexibility index (Phi) is 4.69. The van der Waals surface area contributed by atoms with Crippen molar-refractivity contribution in [3.8, 4) is 17.5 Å². The topological polar surface area (TPSA) is 67.4 Å². The summed E-state index contributed by atoms with van der Waals surface area (Å²) in [7, 11) is 0. The van der Waals surface area contributed by atoms with Gasteiger partial charge in [-0.05, 0) is 36.8 Å². The molecule has 0 unspecified atom stereocenters. The molecule has 6 heteroatoms. The van der Waals surface area contributed by atoms with Crippen molar-refractivity contribution >= 4 is 11.8 Å². The Balaban J connectivity index is 1.78. The highest BCUT2D eigenvalue weighted by molar-refractivity contribution is 7.98. The maximum absolute atomic E-state index is 8.83. The molecule has 0 bridgehead atoms. The van der Waals surface area contributed by atoms with Crippen molar-refractivity contribution in [1.82, 2.24) is 19.7 Å². The van der Waals surface area contributed by atoms with E-state index in [1.165, 1.54) is 0 Å². The Morgan fingerprint density at radius 3 is 2.65 bits per heavy atom. The zero-order chi connectivity index (χ0) is 16.1. The average molecular weight is 321 g/mol. The second-order valence-electron chi connectivity index (χ2n) is 4.89. The van der Waals surface area contributed by atoms with Gasteiger partial charge in [0.1, 0.15) is 0 Å². The molecule has 0 radical (unpaired) electrons. The van der Waals surface area contributed by atoms with Crippen LogP contribution in [0.1, 0.15) is 18.1 Å². The molecule has 5 nitrogen and oxygen atoms in total. The van der Waals surface area contributed by atoms with Crippen molar-refractivity contribution in [2.45, 2.75) is 24.4 Å². The third-order valence-corrected chi connectivity index (χ3v) is 4.44. The molecule has 0 aliphatic heterocycles. The van der Waals surface area contributed by atoms with E-state index in [1.807, 2.05) is 36.4 Å². The predicted octanol–water partition coefficient (Wildman–Crippen LogP) is 3.52. The first-order chi connectivity index (χ1) is 11.3. The third kappa shape index (κ3) is 3.41. The monoisotopic (exact) mass is 321 g/mol. The number of nitrogens with zero attached hydrogens (tertiary/aromatic N) is 5. The van der Waals surface area contributed by atoms with Gasteiger partial charge in [-0.25, -0.2) is 0 Å². The van der Waals surface area contributed by atoms with Gasteiger partial charge in [-0.1, -0.05) is 23.9 Å². The fourth-order valence-corrected chi connectivity index (χ4v) is 3.17. The summed E-state index contributed by atoms with van der Waals surface area (Å²) in [5, 5.41) is 18.3. The molecule has 0 saturated carbocycles. The first-order valence-corrected chi connectivity index (χ1v) is 8.26. The highest BCUT2D eigenvalue weighted by Gasteiger charge is 2.13. The van der Waals surface area contributed by atoms with Gasteiger partial charge >= 0.3 is 0 Å². The van der Waals surface area contributed by atoms with E-state index in [9.17, 15) is 0 Å². The minimum Gasteiger partial charge on any atom is -0.302 e. The zero-order valence-electron chi connectivity index (χ0n) is 12.7. The molecular formula is C17H15N5S. The van der Waals surface area contributed by atoms with Crippen molar-refractivity contribution < 1.29 is 0 Å². The van der Waals surface area contributed by atoms with Crippen LogP contribution in [0.5, 0.6) is 0 Å². The number of aromatic nitrogens is 4. The summed E-state index contributed by atoms with van der Waals surface area (Å²) in [6, 6.07) is 13.6. The van der Waals surface area contributed by atoms with E-state index in [0.29, 0.717) is 5.56 Å². The Hall–Kier alpha value is -2.65. The van der Waals surface area contributed by atoms with Crippen LogP contribution in [0.3, 0.4) is 0 Å². The summed E-state index contributed by atoms with van der Waals surface area (Å²) < 4.78 is 2.09. The molecular weight excluding hydrogens is 306 g/mol. The van der Waals surface area contributed by atoms with Crippen LogP contribution in [0.15, 0.2) is 53.9 Å². The number of hydrogen-bond donors (Lipinski definition) is 0. The normalized spacial score (nSPS) is 10.4. The van der Waals surface area contributed by atoms with Crippen molar-refractivity contribution in [3.05, 3.63) is 59.9 Å². The summed E-state index contributed by atoms with van der Waals surface area (Å²) in [4.78, 5) is 4.14. The van der Waals surface area contributed by atoms with Crippen LogP contribution in [0.2, 0.25) is 0 Å². The molecule has 0 saturated heterocycles. The average Bonchev–Trinajstić information content (AvgIpc) is 3.04. The van der Waals surface area contributed by atoms with Crippen LogP contribution in [-0.4, -0.2) is 19.7 Å². The standard InChI is InChI=1S/C17H15N5S/c1-2-22-16(15-4-3-9-19-11-15)20-21-17(22)23-12-14-7-5-13(10-18)6-8-14/h3-9,11H,2,12H2,1H3. The molecule has 0 aliphatic rings. The minimum absolute atomic E-state index is 0.675. The second-order valence-corrected chi connectivity index (χ2v) is 5.83. The summed E-state index contributed by atoms with van der Waals surface area (Å²) in [6.07, 6.45) is 3.54. The maximum atomic E-state index is 8.83. The lowest BCUT2D eigenvalue weighted by atomic mass is 10.2. The Morgan fingerprint density at radius 1 is 1.17 bits per heavy atom. The van der Waals surface area contributed by atoms with Crippen molar-refractivity contribution in [2.24, 2.45) is 0 Å². The van der Waals surface area contributed by atoms with Gasteiger partial charge in [0.05, 0.1) is 11.6 Å². The number of benzene rings is 1. The smallest absolute Gasteiger partial charge is 0.191 e. The Labute approximate surface area is 139 Å². The molecule has 23 heavy (non-hydrogen) atoms. The SMILES string of the molecule is CCn1c(SCc2ccc(C#N)cc2)nnc1-c1cccnc1. The number of pyridine rings is 1. The van der Waals surface area contributed by atoms with E-state index in [4.69, 9.17) is 5.26 Å². The maximum Gasteiger partial charge on any atom is 0.191 e. The van der Waals surface area contributed by atoms with Gasteiger partial charge in [0, 0.05) is 30.3 Å². The van der Waals surface area contributed by atoms with E-state index in [0.717, 1.165) is 34.4 Å². The van der Waals surface area contributed by atoms with Gasteiger partial charge in [-0.2, -0.15) is 5.26 Å². The number of thioether (sulfide) groups is 1. The molecule has 2 heterocycles. The molecule has 114 valence electrons. The molecule has 1 aromatic carbocycles. The molecule has 0 atom stereocenters. The first-order valence-electron chi connectivity index (χ1n) is 7.27. The van der Waals surface area contributed by atoms with Gasteiger partial charge in [0.25, 0.3) is 0 Å².